The molecule has 1 unspecified atom stereocenters. The van der Waals surface area contributed by atoms with Crippen LogP contribution in [0.3, 0.4) is 0 Å². The molecule has 1 aliphatic rings. The minimum atomic E-state index is 0.175. The number of amides is 1. The Kier molecular flexibility index (Phi) is 7.97. The number of ether oxygens (including phenoxy) is 2. The van der Waals surface area contributed by atoms with Crippen molar-refractivity contribution in [3.8, 4) is 0 Å². The van der Waals surface area contributed by atoms with E-state index < -0.39 is 0 Å². The van der Waals surface area contributed by atoms with Crippen LogP contribution < -0.4 is 5.32 Å². The summed E-state index contributed by atoms with van der Waals surface area (Å²) >= 11 is 0. The highest BCUT2D eigenvalue weighted by atomic mass is 16.5. The Morgan fingerprint density at radius 3 is 2.63 bits per heavy atom. The van der Waals surface area contributed by atoms with Crippen LogP contribution in [0.15, 0.2) is 0 Å². The minimum Gasteiger partial charge on any atom is -0.383 e. The van der Waals surface area contributed by atoms with Crippen molar-refractivity contribution in [1.82, 2.24) is 15.1 Å². The fourth-order valence-electron chi connectivity index (χ4n) is 2.24. The second kappa shape index (κ2) is 9.25. The van der Waals surface area contributed by atoms with Crippen molar-refractivity contribution in [1.29, 1.82) is 0 Å². The molecule has 1 atom stereocenters. The van der Waals surface area contributed by atoms with Crippen LogP contribution in [0.5, 0.6) is 0 Å². The third-order valence-electron chi connectivity index (χ3n) is 3.46. The monoisotopic (exact) mass is 273 g/mol. The largest absolute Gasteiger partial charge is 0.383 e. The smallest absolute Gasteiger partial charge is 0.236 e. The van der Waals surface area contributed by atoms with E-state index in [1.165, 1.54) is 0 Å². The molecule has 1 N–H and O–H groups in total. The van der Waals surface area contributed by atoms with E-state index in [2.05, 4.69) is 17.1 Å². The minimum absolute atomic E-state index is 0.175. The number of carbonyl (C=O) groups excluding carboxylic acids is 1. The quantitative estimate of drug-likeness (QED) is 0.599. The highest BCUT2D eigenvalue weighted by Crippen LogP contribution is 2.09. The van der Waals surface area contributed by atoms with Gasteiger partial charge in [0, 0.05) is 53.0 Å². The van der Waals surface area contributed by atoms with Gasteiger partial charge in [0.15, 0.2) is 0 Å². The first-order chi connectivity index (χ1) is 9.19. The van der Waals surface area contributed by atoms with Crippen LogP contribution in [0.1, 0.15) is 6.92 Å². The van der Waals surface area contributed by atoms with Gasteiger partial charge in [0.1, 0.15) is 0 Å². The van der Waals surface area contributed by atoms with Crippen molar-refractivity contribution < 1.29 is 14.3 Å². The van der Waals surface area contributed by atoms with Gasteiger partial charge in [-0.15, -0.1) is 0 Å². The normalized spacial score (nSPS) is 20.8. The zero-order valence-corrected chi connectivity index (χ0v) is 12.4. The second-order valence-corrected chi connectivity index (χ2v) is 4.89. The van der Waals surface area contributed by atoms with Crippen LogP contribution >= 0.6 is 0 Å². The van der Waals surface area contributed by atoms with Gasteiger partial charge in [-0.1, -0.05) is 0 Å². The van der Waals surface area contributed by atoms with Crippen LogP contribution in [0.4, 0.5) is 0 Å². The van der Waals surface area contributed by atoms with Gasteiger partial charge in [0.25, 0.3) is 0 Å². The number of nitrogens with zero attached hydrogens (tertiary/aromatic N) is 2. The number of hydrogen-bond acceptors (Lipinski definition) is 5. The van der Waals surface area contributed by atoms with E-state index in [0.717, 1.165) is 32.8 Å². The van der Waals surface area contributed by atoms with Gasteiger partial charge in [-0.05, 0) is 6.92 Å². The van der Waals surface area contributed by atoms with Crippen molar-refractivity contribution in [2.24, 2.45) is 0 Å². The Hall–Kier alpha value is -0.690. The number of carbonyl (C=O) groups is 1. The molecule has 0 aromatic heterocycles. The third-order valence-corrected chi connectivity index (χ3v) is 3.46. The molecule has 1 rings (SSSR count). The molecule has 19 heavy (non-hydrogen) atoms. The molecule has 0 aromatic carbocycles. The summed E-state index contributed by atoms with van der Waals surface area (Å²) in [5.41, 5.74) is 0. The van der Waals surface area contributed by atoms with Gasteiger partial charge in [0.2, 0.25) is 5.91 Å². The predicted molar refractivity (Wildman–Crippen MR) is 74.2 cm³/mol. The standard InChI is InChI=1S/C13H27N3O3/c1-12-11-16(6-5-15(12)7-9-19-3)13(17)10-14-4-8-18-2/h12,14H,4-11H2,1-3H3. The van der Waals surface area contributed by atoms with Crippen molar-refractivity contribution >= 4 is 5.91 Å². The fourth-order valence-corrected chi connectivity index (χ4v) is 2.24. The van der Waals surface area contributed by atoms with Crippen molar-refractivity contribution in [3.05, 3.63) is 0 Å². The lowest BCUT2D eigenvalue weighted by Crippen LogP contribution is -2.55. The number of nitrogens with one attached hydrogen (secondary N) is 1. The van der Waals surface area contributed by atoms with Gasteiger partial charge in [-0.25, -0.2) is 0 Å². The molecule has 6 nitrogen and oxygen atoms in total. The Morgan fingerprint density at radius 1 is 1.26 bits per heavy atom. The average Bonchev–Trinajstić information content (AvgIpc) is 2.42. The van der Waals surface area contributed by atoms with E-state index in [9.17, 15) is 4.79 Å². The lowest BCUT2D eigenvalue weighted by Gasteiger charge is -2.39. The molecular weight excluding hydrogens is 246 g/mol. The zero-order valence-electron chi connectivity index (χ0n) is 12.4. The molecule has 1 heterocycles. The van der Waals surface area contributed by atoms with Crippen LogP contribution in [0, 0.1) is 0 Å². The van der Waals surface area contributed by atoms with Crippen LogP contribution in [-0.2, 0) is 14.3 Å². The average molecular weight is 273 g/mol. The van der Waals surface area contributed by atoms with Gasteiger partial charge in [-0.2, -0.15) is 0 Å². The van der Waals surface area contributed by atoms with E-state index in [1.54, 1.807) is 14.2 Å². The molecule has 0 bridgehead atoms. The third kappa shape index (κ3) is 5.86. The Balaban J connectivity index is 2.24. The van der Waals surface area contributed by atoms with Crippen molar-refractivity contribution in [3.63, 3.8) is 0 Å². The summed E-state index contributed by atoms with van der Waals surface area (Å²) in [5, 5.41) is 3.09. The highest BCUT2D eigenvalue weighted by molar-refractivity contribution is 5.78. The van der Waals surface area contributed by atoms with Crippen molar-refractivity contribution in [2.45, 2.75) is 13.0 Å². The molecule has 1 aliphatic heterocycles. The van der Waals surface area contributed by atoms with Crippen LogP contribution in [0.2, 0.25) is 0 Å². The molecule has 0 radical (unpaired) electrons. The number of rotatable bonds is 8. The Morgan fingerprint density at radius 2 is 2.00 bits per heavy atom. The van der Waals surface area contributed by atoms with E-state index >= 15 is 0 Å². The lowest BCUT2D eigenvalue weighted by molar-refractivity contribution is -0.133. The first-order valence-corrected chi connectivity index (χ1v) is 6.89. The van der Waals surface area contributed by atoms with E-state index in [-0.39, 0.29) is 5.91 Å². The predicted octanol–water partition coefficient (Wildman–Crippen LogP) is -0.598. The lowest BCUT2D eigenvalue weighted by atomic mass is 10.2. The highest BCUT2D eigenvalue weighted by Gasteiger charge is 2.25. The zero-order chi connectivity index (χ0) is 14.1. The number of piperazine rings is 1. The molecule has 1 saturated heterocycles. The maximum atomic E-state index is 12.0. The summed E-state index contributed by atoms with van der Waals surface area (Å²) < 4.78 is 10.0. The van der Waals surface area contributed by atoms with Crippen LogP contribution in [-0.4, -0.2) is 88.5 Å². The number of methoxy groups -OCH3 is 2. The maximum Gasteiger partial charge on any atom is 0.236 e. The summed E-state index contributed by atoms with van der Waals surface area (Å²) in [4.78, 5) is 16.3. The summed E-state index contributed by atoms with van der Waals surface area (Å²) in [7, 11) is 3.38. The number of hydrogen-bond donors (Lipinski definition) is 1. The molecule has 0 aliphatic carbocycles. The molecule has 1 amide bonds. The molecule has 0 aromatic rings. The van der Waals surface area contributed by atoms with Gasteiger partial charge >= 0.3 is 0 Å². The Bertz CT molecular complexity index is 264. The van der Waals surface area contributed by atoms with Crippen molar-refractivity contribution in [2.75, 3.05) is 66.7 Å². The molecule has 1 fully saturated rings. The molecular formula is C13H27N3O3. The molecule has 6 heteroatoms. The summed E-state index contributed by atoms with van der Waals surface area (Å²) in [6.07, 6.45) is 0. The van der Waals surface area contributed by atoms with E-state index in [0.29, 0.717) is 25.7 Å². The molecule has 112 valence electrons. The summed E-state index contributed by atoms with van der Waals surface area (Å²) in [5.74, 6) is 0.175. The SMILES string of the molecule is COCCNCC(=O)N1CCN(CCOC)C(C)C1. The molecule has 0 spiro atoms. The summed E-state index contributed by atoms with van der Waals surface area (Å²) in [6.45, 7) is 8.12. The Labute approximate surface area is 116 Å². The summed E-state index contributed by atoms with van der Waals surface area (Å²) in [6, 6.07) is 0.395. The first-order valence-electron chi connectivity index (χ1n) is 6.89. The van der Waals surface area contributed by atoms with Gasteiger partial charge in [-0.3, -0.25) is 9.69 Å². The maximum absolute atomic E-state index is 12.0. The molecule has 0 saturated carbocycles. The fraction of sp³-hybridized carbons (Fsp3) is 0.923. The first kappa shape index (κ1) is 16.4. The second-order valence-electron chi connectivity index (χ2n) is 4.89. The van der Waals surface area contributed by atoms with E-state index in [1.807, 2.05) is 4.90 Å². The van der Waals surface area contributed by atoms with Crippen LogP contribution in [0.25, 0.3) is 0 Å². The van der Waals surface area contributed by atoms with Gasteiger partial charge in [0.05, 0.1) is 19.8 Å². The van der Waals surface area contributed by atoms with Gasteiger partial charge < -0.3 is 19.7 Å². The van der Waals surface area contributed by atoms with E-state index in [4.69, 9.17) is 9.47 Å². The topological polar surface area (TPSA) is 54.0 Å².